The third kappa shape index (κ3) is 5.37. The highest BCUT2D eigenvalue weighted by Crippen LogP contribution is 2.42. The Hall–Kier alpha value is -7.63. The fourth-order valence-corrected chi connectivity index (χ4v) is 7.98. The molecular weight excluding hydrogens is 685 g/mol. The van der Waals surface area contributed by atoms with E-state index in [0.29, 0.717) is 17.5 Å². The summed E-state index contributed by atoms with van der Waals surface area (Å²) in [6.07, 6.45) is 0. The van der Waals surface area contributed by atoms with Crippen molar-refractivity contribution in [2.45, 2.75) is 0 Å². The van der Waals surface area contributed by atoms with Crippen molar-refractivity contribution in [3.63, 3.8) is 0 Å². The van der Waals surface area contributed by atoms with E-state index in [0.717, 1.165) is 77.2 Å². The average molecular weight is 717 g/mol. The van der Waals surface area contributed by atoms with Crippen LogP contribution in [0.4, 0.5) is 0 Å². The van der Waals surface area contributed by atoms with E-state index in [2.05, 4.69) is 162 Å². The van der Waals surface area contributed by atoms with Crippen LogP contribution in [0.2, 0.25) is 0 Å². The van der Waals surface area contributed by atoms with E-state index in [9.17, 15) is 0 Å². The summed E-state index contributed by atoms with van der Waals surface area (Å²) in [5.41, 5.74) is 12.3. The predicted molar refractivity (Wildman–Crippen MR) is 229 cm³/mol. The van der Waals surface area contributed by atoms with E-state index in [1.54, 1.807) is 0 Å². The van der Waals surface area contributed by atoms with Gasteiger partial charge < -0.3 is 8.98 Å². The molecule has 0 aliphatic heterocycles. The van der Waals surface area contributed by atoms with E-state index < -0.39 is 0 Å². The van der Waals surface area contributed by atoms with Gasteiger partial charge in [0.15, 0.2) is 17.5 Å². The van der Waals surface area contributed by atoms with Gasteiger partial charge in [0.25, 0.3) is 0 Å². The van der Waals surface area contributed by atoms with Crippen molar-refractivity contribution in [2.24, 2.45) is 0 Å². The Bertz CT molecular complexity index is 3240. The molecule has 262 valence electrons. The Morgan fingerprint density at radius 1 is 0.339 bits per heavy atom. The molecule has 5 heteroatoms. The molecule has 11 rings (SSSR count). The molecule has 0 spiro atoms. The van der Waals surface area contributed by atoms with Gasteiger partial charge in [0.1, 0.15) is 11.2 Å². The van der Waals surface area contributed by atoms with E-state index in [1.807, 2.05) is 36.4 Å². The average Bonchev–Trinajstić information content (AvgIpc) is 3.83. The van der Waals surface area contributed by atoms with Crippen LogP contribution in [0.25, 0.3) is 106 Å². The van der Waals surface area contributed by atoms with Crippen molar-refractivity contribution < 1.29 is 4.42 Å². The first-order valence-electron chi connectivity index (χ1n) is 18.8. The molecular formula is C51H32N4O. The first kappa shape index (κ1) is 31.9. The summed E-state index contributed by atoms with van der Waals surface area (Å²) >= 11 is 0. The van der Waals surface area contributed by atoms with Crippen LogP contribution in [0.15, 0.2) is 199 Å². The number of rotatable bonds is 6. The molecule has 56 heavy (non-hydrogen) atoms. The number of fused-ring (bicyclic) bond motifs is 7. The van der Waals surface area contributed by atoms with Crippen LogP contribution in [0.1, 0.15) is 0 Å². The molecule has 5 nitrogen and oxygen atoms in total. The SMILES string of the molecule is c1ccc(-c2cccc(-c3nc(-c4ccccc4)nc(-c4ccc5c(c4)oc4c5ccc5c4c4ccccc4n5-c4cccc(-c5ccccc5)c4)n3)c2)cc1. The Morgan fingerprint density at radius 2 is 0.875 bits per heavy atom. The molecule has 0 atom stereocenters. The minimum absolute atomic E-state index is 0.585. The summed E-state index contributed by atoms with van der Waals surface area (Å²) in [7, 11) is 0. The van der Waals surface area contributed by atoms with Crippen molar-refractivity contribution in [1.29, 1.82) is 0 Å². The number of hydrogen-bond donors (Lipinski definition) is 0. The Morgan fingerprint density at radius 3 is 1.59 bits per heavy atom. The third-order valence-corrected chi connectivity index (χ3v) is 10.6. The highest BCUT2D eigenvalue weighted by Gasteiger charge is 2.20. The first-order valence-corrected chi connectivity index (χ1v) is 18.8. The number of hydrogen-bond acceptors (Lipinski definition) is 4. The zero-order chi connectivity index (χ0) is 37.0. The Balaban J connectivity index is 1.07. The van der Waals surface area contributed by atoms with Gasteiger partial charge in [0.05, 0.1) is 16.4 Å². The molecule has 8 aromatic carbocycles. The molecule has 0 saturated heterocycles. The fourth-order valence-electron chi connectivity index (χ4n) is 7.98. The maximum absolute atomic E-state index is 6.89. The second kappa shape index (κ2) is 13.0. The zero-order valence-corrected chi connectivity index (χ0v) is 30.2. The summed E-state index contributed by atoms with van der Waals surface area (Å²) < 4.78 is 9.23. The van der Waals surface area contributed by atoms with Crippen LogP contribution in [-0.4, -0.2) is 19.5 Å². The molecule has 0 aliphatic carbocycles. The van der Waals surface area contributed by atoms with E-state index >= 15 is 0 Å². The molecule has 0 saturated carbocycles. The second-order valence-corrected chi connectivity index (χ2v) is 14.0. The van der Waals surface area contributed by atoms with Crippen molar-refractivity contribution in [3.8, 4) is 62.1 Å². The first-order chi connectivity index (χ1) is 27.7. The molecule has 11 aromatic rings. The lowest BCUT2D eigenvalue weighted by Gasteiger charge is -2.10. The van der Waals surface area contributed by atoms with Gasteiger partial charge in [-0.05, 0) is 70.8 Å². The van der Waals surface area contributed by atoms with Gasteiger partial charge >= 0.3 is 0 Å². The molecule has 0 unspecified atom stereocenters. The monoisotopic (exact) mass is 716 g/mol. The van der Waals surface area contributed by atoms with Crippen LogP contribution < -0.4 is 0 Å². The van der Waals surface area contributed by atoms with Gasteiger partial charge in [-0.2, -0.15) is 0 Å². The van der Waals surface area contributed by atoms with Crippen LogP contribution in [0.5, 0.6) is 0 Å². The smallest absolute Gasteiger partial charge is 0.164 e. The zero-order valence-electron chi connectivity index (χ0n) is 30.2. The van der Waals surface area contributed by atoms with Crippen molar-refractivity contribution in [2.75, 3.05) is 0 Å². The molecule has 3 aromatic heterocycles. The molecule has 0 bridgehead atoms. The summed E-state index contributed by atoms with van der Waals surface area (Å²) in [6.45, 7) is 0. The highest BCUT2D eigenvalue weighted by atomic mass is 16.3. The summed E-state index contributed by atoms with van der Waals surface area (Å²) in [4.78, 5) is 15.1. The number of para-hydroxylation sites is 1. The van der Waals surface area contributed by atoms with Crippen molar-refractivity contribution in [1.82, 2.24) is 19.5 Å². The molecule has 3 heterocycles. The molecule has 0 aliphatic rings. The summed E-state index contributed by atoms with van der Waals surface area (Å²) in [5.74, 6) is 1.81. The van der Waals surface area contributed by atoms with E-state index in [-0.39, 0.29) is 0 Å². The minimum atomic E-state index is 0.585. The van der Waals surface area contributed by atoms with E-state index in [4.69, 9.17) is 19.4 Å². The van der Waals surface area contributed by atoms with Gasteiger partial charge in [0.2, 0.25) is 0 Å². The van der Waals surface area contributed by atoms with E-state index in [1.165, 1.54) is 11.1 Å². The number of nitrogens with zero attached hydrogens (tertiary/aromatic N) is 4. The quantitative estimate of drug-likeness (QED) is 0.172. The lowest BCUT2D eigenvalue weighted by atomic mass is 10.0. The minimum Gasteiger partial charge on any atom is -0.455 e. The van der Waals surface area contributed by atoms with Gasteiger partial charge in [-0.25, -0.2) is 15.0 Å². The van der Waals surface area contributed by atoms with Gasteiger partial charge in [-0.1, -0.05) is 146 Å². The third-order valence-electron chi connectivity index (χ3n) is 10.6. The van der Waals surface area contributed by atoms with Crippen LogP contribution in [0.3, 0.4) is 0 Å². The van der Waals surface area contributed by atoms with Crippen LogP contribution >= 0.6 is 0 Å². The second-order valence-electron chi connectivity index (χ2n) is 14.0. The normalized spacial score (nSPS) is 11.6. The topological polar surface area (TPSA) is 56.7 Å². The Labute approximate surface area is 322 Å². The molecule has 0 fully saturated rings. The lowest BCUT2D eigenvalue weighted by molar-refractivity contribution is 0.673. The molecule has 0 amide bonds. The highest BCUT2D eigenvalue weighted by molar-refractivity contribution is 6.24. The number of aromatic nitrogens is 4. The van der Waals surface area contributed by atoms with Crippen molar-refractivity contribution in [3.05, 3.63) is 194 Å². The fraction of sp³-hybridized carbons (Fsp3) is 0. The van der Waals surface area contributed by atoms with Crippen LogP contribution in [-0.2, 0) is 0 Å². The van der Waals surface area contributed by atoms with Crippen molar-refractivity contribution >= 4 is 43.7 Å². The molecule has 0 radical (unpaired) electrons. The predicted octanol–water partition coefficient (Wildman–Crippen LogP) is 13.2. The number of benzene rings is 8. The van der Waals surface area contributed by atoms with Gasteiger partial charge in [0, 0.05) is 38.5 Å². The number of furan rings is 1. The Kier molecular flexibility index (Phi) is 7.42. The summed E-state index contributed by atoms with van der Waals surface area (Å²) in [5, 5.41) is 4.35. The van der Waals surface area contributed by atoms with Gasteiger partial charge in [-0.15, -0.1) is 0 Å². The molecule has 0 N–H and O–H groups in total. The standard InChI is InChI=1S/C51H32N4O/c1-4-14-33(15-5-1)36-20-12-22-38(30-36)50-52-49(35-18-8-3-9-19-35)53-51(54-50)39-26-27-41-42-28-29-45-47(48(42)56-46(41)32-39)43-24-10-11-25-44(43)55(45)40-23-13-21-37(31-40)34-16-6-2-7-17-34/h1-32H. The maximum atomic E-state index is 6.89. The maximum Gasteiger partial charge on any atom is 0.164 e. The lowest BCUT2D eigenvalue weighted by Crippen LogP contribution is -2.00. The largest absolute Gasteiger partial charge is 0.455 e. The summed E-state index contributed by atoms with van der Waals surface area (Å²) in [6, 6.07) is 67.4. The van der Waals surface area contributed by atoms with Gasteiger partial charge in [-0.3, -0.25) is 0 Å². The van der Waals surface area contributed by atoms with Crippen LogP contribution in [0, 0.1) is 0 Å².